The average Bonchev–Trinajstić information content (AvgIpc) is 2.96. The number of nitrogen functional groups attached to an aromatic ring is 2. The summed E-state index contributed by atoms with van der Waals surface area (Å²) in [6, 6.07) is 35.0. The number of unbranched alkanes of at least 4 members (excludes halogenated alkanes) is 3. The highest BCUT2D eigenvalue weighted by Crippen LogP contribution is 2.24. The second kappa shape index (κ2) is 15.2. The number of rotatable bonds is 15. The molecule has 0 aliphatic carbocycles. The van der Waals surface area contributed by atoms with Gasteiger partial charge >= 0.3 is 0 Å². The van der Waals surface area contributed by atoms with Gasteiger partial charge in [0.05, 0.1) is 0 Å². The number of nitrogens with two attached hydrogens (primary N) is 2. The highest BCUT2D eigenvalue weighted by molar-refractivity contribution is 5.41. The second-order valence-electron chi connectivity index (χ2n) is 11.3. The van der Waals surface area contributed by atoms with E-state index in [-0.39, 0.29) is 0 Å². The Morgan fingerprint density at radius 3 is 1.18 bits per heavy atom. The Labute approximate surface area is 236 Å². The first-order valence-electron chi connectivity index (χ1n) is 14.9. The third kappa shape index (κ3) is 9.94. The predicted octanol–water partition coefficient (Wildman–Crippen LogP) is 9.18. The summed E-state index contributed by atoms with van der Waals surface area (Å²) in [4.78, 5) is 0. The van der Waals surface area contributed by atoms with Crippen molar-refractivity contribution in [3.8, 4) is 0 Å². The SMILES string of the molecule is CCCCCCC(CCc1ccc(Cc2ccc(N)cc2)cc1)CCc1ccc(Cc2ccc(N)cc2)cc1. The summed E-state index contributed by atoms with van der Waals surface area (Å²) in [6.45, 7) is 2.30. The van der Waals surface area contributed by atoms with Gasteiger partial charge in [0, 0.05) is 11.4 Å². The van der Waals surface area contributed by atoms with Crippen molar-refractivity contribution in [2.75, 3.05) is 11.5 Å². The minimum atomic E-state index is 0.783. The lowest BCUT2D eigenvalue weighted by Crippen LogP contribution is -2.05. The van der Waals surface area contributed by atoms with E-state index in [0.29, 0.717) is 0 Å². The smallest absolute Gasteiger partial charge is 0.0314 e. The fraction of sp³-hybridized carbons (Fsp3) is 0.351. The number of hydrogen-bond donors (Lipinski definition) is 2. The van der Waals surface area contributed by atoms with E-state index in [9.17, 15) is 0 Å². The fourth-order valence-corrected chi connectivity index (χ4v) is 5.42. The van der Waals surface area contributed by atoms with Crippen LogP contribution < -0.4 is 11.5 Å². The van der Waals surface area contributed by atoms with Gasteiger partial charge in [0.1, 0.15) is 0 Å². The first kappa shape index (κ1) is 28.5. The topological polar surface area (TPSA) is 52.0 Å². The van der Waals surface area contributed by atoms with Crippen molar-refractivity contribution >= 4 is 11.4 Å². The molecule has 0 radical (unpaired) electrons. The van der Waals surface area contributed by atoms with Gasteiger partial charge in [0.2, 0.25) is 0 Å². The summed E-state index contributed by atoms with van der Waals surface area (Å²) in [5, 5.41) is 0. The van der Waals surface area contributed by atoms with Crippen LogP contribution >= 0.6 is 0 Å². The number of aryl methyl sites for hydroxylation is 2. The van der Waals surface area contributed by atoms with E-state index < -0.39 is 0 Å². The lowest BCUT2D eigenvalue weighted by atomic mass is 9.88. The zero-order chi connectivity index (χ0) is 27.3. The summed E-state index contributed by atoms with van der Waals surface area (Å²) < 4.78 is 0. The Hall–Kier alpha value is -3.52. The van der Waals surface area contributed by atoms with Gasteiger partial charge in [0.15, 0.2) is 0 Å². The van der Waals surface area contributed by atoms with Gasteiger partial charge in [-0.25, -0.2) is 0 Å². The van der Waals surface area contributed by atoms with Crippen LogP contribution in [0.4, 0.5) is 11.4 Å². The third-order valence-electron chi connectivity index (χ3n) is 7.97. The van der Waals surface area contributed by atoms with Gasteiger partial charge < -0.3 is 11.5 Å². The lowest BCUT2D eigenvalue weighted by Gasteiger charge is -2.17. The highest BCUT2D eigenvalue weighted by atomic mass is 14.5. The summed E-state index contributed by atoms with van der Waals surface area (Å²) in [6.07, 6.45) is 13.5. The van der Waals surface area contributed by atoms with E-state index >= 15 is 0 Å². The van der Waals surface area contributed by atoms with Gasteiger partial charge in [-0.1, -0.05) is 112 Å². The molecule has 0 aromatic heterocycles. The van der Waals surface area contributed by atoms with Crippen molar-refractivity contribution in [1.82, 2.24) is 0 Å². The number of hydrogen-bond acceptors (Lipinski definition) is 2. The third-order valence-corrected chi connectivity index (χ3v) is 7.97. The van der Waals surface area contributed by atoms with E-state index in [1.165, 1.54) is 91.2 Å². The van der Waals surface area contributed by atoms with Gasteiger partial charge in [-0.3, -0.25) is 0 Å². The highest BCUT2D eigenvalue weighted by Gasteiger charge is 2.10. The second-order valence-corrected chi connectivity index (χ2v) is 11.3. The van der Waals surface area contributed by atoms with Crippen LogP contribution in [0.25, 0.3) is 0 Å². The molecular weight excluding hydrogens is 472 g/mol. The van der Waals surface area contributed by atoms with Crippen LogP contribution in [0.2, 0.25) is 0 Å². The van der Waals surface area contributed by atoms with Crippen molar-refractivity contribution in [2.24, 2.45) is 5.92 Å². The minimum absolute atomic E-state index is 0.783. The van der Waals surface area contributed by atoms with Crippen LogP contribution in [0.3, 0.4) is 0 Å². The van der Waals surface area contributed by atoms with E-state index in [2.05, 4.69) is 79.7 Å². The molecule has 4 aromatic rings. The summed E-state index contributed by atoms with van der Waals surface area (Å²) in [7, 11) is 0. The molecule has 0 saturated carbocycles. The van der Waals surface area contributed by atoms with Gasteiger partial charge in [-0.05, 0) is 102 Å². The molecule has 0 bridgehead atoms. The van der Waals surface area contributed by atoms with Crippen LogP contribution in [0, 0.1) is 5.92 Å². The molecule has 0 fully saturated rings. The number of benzene rings is 4. The quantitative estimate of drug-likeness (QED) is 0.122. The Balaban J connectivity index is 1.28. The largest absolute Gasteiger partial charge is 0.399 e. The molecule has 39 heavy (non-hydrogen) atoms. The van der Waals surface area contributed by atoms with Gasteiger partial charge in [-0.2, -0.15) is 0 Å². The molecule has 0 aliphatic rings. The van der Waals surface area contributed by atoms with Crippen molar-refractivity contribution in [2.45, 2.75) is 77.6 Å². The van der Waals surface area contributed by atoms with Crippen LogP contribution in [-0.4, -0.2) is 0 Å². The monoisotopic (exact) mass is 518 g/mol. The summed E-state index contributed by atoms with van der Waals surface area (Å²) in [5.41, 5.74) is 21.6. The Kier molecular flexibility index (Phi) is 11.1. The average molecular weight is 519 g/mol. The normalized spacial score (nSPS) is 11.2. The Morgan fingerprint density at radius 1 is 0.436 bits per heavy atom. The maximum absolute atomic E-state index is 5.83. The van der Waals surface area contributed by atoms with Crippen molar-refractivity contribution in [3.63, 3.8) is 0 Å². The maximum Gasteiger partial charge on any atom is 0.0314 e. The molecule has 0 heterocycles. The zero-order valence-electron chi connectivity index (χ0n) is 23.7. The van der Waals surface area contributed by atoms with Gasteiger partial charge in [0.25, 0.3) is 0 Å². The van der Waals surface area contributed by atoms with E-state index in [0.717, 1.165) is 30.1 Å². The molecule has 0 amide bonds. The van der Waals surface area contributed by atoms with E-state index in [1.807, 2.05) is 24.3 Å². The molecule has 204 valence electrons. The molecular formula is C37H46N2. The van der Waals surface area contributed by atoms with E-state index in [1.54, 1.807) is 0 Å². The molecule has 0 spiro atoms. The maximum atomic E-state index is 5.83. The van der Waals surface area contributed by atoms with Gasteiger partial charge in [-0.15, -0.1) is 0 Å². The Morgan fingerprint density at radius 2 is 0.795 bits per heavy atom. The molecule has 0 aliphatic heterocycles. The fourth-order valence-electron chi connectivity index (χ4n) is 5.42. The Bertz CT molecular complexity index is 1130. The van der Waals surface area contributed by atoms with Crippen molar-refractivity contribution in [1.29, 1.82) is 0 Å². The van der Waals surface area contributed by atoms with Crippen LogP contribution in [0.1, 0.15) is 85.3 Å². The molecule has 0 saturated heterocycles. The van der Waals surface area contributed by atoms with Crippen LogP contribution in [-0.2, 0) is 25.7 Å². The standard InChI is InChI=1S/C37H46N2/c1-2-3-4-5-6-29(7-9-30-11-15-32(16-12-30)27-34-19-23-36(38)24-20-34)8-10-31-13-17-33(18-14-31)28-35-21-25-37(39)26-22-35/h11-26,29H,2-10,27-28,38-39H2,1H3. The van der Waals surface area contributed by atoms with E-state index in [4.69, 9.17) is 11.5 Å². The molecule has 2 heteroatoms. The summed E-state index contributed by atoms with van der Waals surface area (Å²) >= 11 is 0. The number of anilines is 2. The molecule has 4 rings (SSSR count). The lowest BCUT2D eigenvalue weighted by molar-refractivity contribution is 0.400. The summed E-state index contributed by atoms with van der Waals surface area (Å²) in [5.74, 6) is 0.783. The van der Waals surface area contributed by atoms with Crippen LogP contribution in [0.5, 0.6) is 0 Å². The minimum Gasteiger partial charge on any atom is -0.399 e. The molecule has 4 N–H and O–H groups in total. The first-order chi connectivity index (χ1) is 19.1. The predicted molar refractivity (Wildman–Crippen MR) is 169 cm³/mol. The molecule has 4 aromatic carbocycles. The molecule has 0 atom stereocenters. The molecule has 0 unspecified atom stereocenters. The first-order valence-corrected chi connectivity index (χ1v) is 14.9. The van der Waals surface area contributed by atoms with Crippen LogP contribution in [0.15, 0.2) is 97.1 Å². The zero-order valence-corrected chi connectivity index (χ0v) is 23.7. The molecule has 2 nitrogen and oxygen atoms in total. The van der Waals surface area contributed by atoms with Crippen molar-refractivity contribution in [3.05, 3.63) is 130 Å². The van der Waals surface area contributed by atoms with Crippen molar-refractivity contribution < 1.29 is 0 Å².